The molecule has 0 unspecified atom stereocenters. The van der Waals surface area contributed by atoms with Gasteiger partial charge >= 0.3 is 0 Å². The molecular weight excluding hydrogens is 290 g/mol. The molecule has 20 heavy (non-hydrogen) atoms. The zero-order valence-corrected chi connectivity index (χ0v) is 13.8. The third-order valence-electron chi connectivity index (χ3n) is 4.17. The molecule has 1 N–H and O–H groups in total. The van der Waals surface area contributed by atoms with Gasteiger partial charge in [0, 0.05) is 11.3 Å². The van der Waals surface area contributed by atoms with E-state index in [-0.39, 0.29) is 4.75 Å². The van der Waals surface area contributed by atoms with Crippen LogP contribution in [0.25, 0.3) is 0 Å². The number of rotatable bonds is 5. The highest BCUT2D eigenvalue weighted by molar-refractivity contribution is 8.00. The summed E-state index contributed by atoms with van der Waals surface area (Å²) in [4.78, 5) is 0.395. The monoisotopic (exact) mass is 313 g/mol. The summed E-state index contributed by atoms with van der Waals surface area (Å²) in [6.45, 7) is 2.37. The minimum atomic E-state index is -3.40. The van der Waals surface area contributed by atoms with E-state index in [1.54, 1.807) is 23.9 Å². The van der Waals surface area contributed by atoms with Crippen molar-refractivity contribution in [2.75, 3.05) is 12.8 Å². The predicted octanol–water partition coefficient (Wildman–Crippen LogP) is 3.34. The van der Waals surface area contributed by atoms with Crippen LogP contribution in [0.15, 0.2) is 29.2 Å². The highest BCUT2D eigenvalue weighted by Crippen LogP contribution is 2.38. The first kappa shape index (κ1) is 15.9. The number of thioether (sulfide) groups is 1. The van der Waals surface area contributed by atoms with E-state index in [1.807, 2.05) is 19.1 Å². The molecule has 0 heterocycles. The molecule has 1 aromatic rings. The van der Waals surface area contributed by atoms with Crippen molar-refractivity contribution in [3.05, 3.63) is 29.8 Å². The summed E-state index contributed by atoms with van der Waals surface area (Å²) >= 11 is 1.81. The van der Waals surface area contributed by atoms with Crippen molar-refractivity contribution in [2.45, 2.75) is 48.7 Å². The van der Waals surface area contributed by atoms with Gasteiger partial charge in [-0.15, -0.1) is 0 Å². The Morgan fingerprint density at radius 1 is 1.20 bits per heavy atom. The molecule has 0 aliphatic heterocycles. The number of hydrogen-bond acceptors (Lipinski definition) is 3. The lowest BCUT2D eigenvalue weighted by atomic mass is 9.88. The lowest BCUT2D eigenvalue weighted by Crippen LogP contribution is -2.41. The Hall–Kier alpha value is -0.520. The molecule has 0 atom stereocenters. The number of hydrogen-bond donors (Lipinski definition) is 1. The topological polar surface area (TPSA) is 46.2 Å². The average Bonchev–Trinajstić information content (AvgIpc) is 2.47. The Kier molecular flexibility index (Phi) is 5.15. The minimum absolute atomic E-state index is 0.0774. The number of sulfonamides is 1. The zero-order valence-electron chi connectivity index (χ0n) is 12.2. The van der Waals surface area contributed by atoms with Crippen LogP contribution in [0.3, 0.4) is 0 Å². The Labute approximate surface area is 126 Å². The number of nitrogens with one attached hydrogen (secondary N) is 1. The average molecular weight is 313 g/mol. The SMILES string of the molecule is CSC1(CNS(=O)(=O)c2ccccc2C)CCCCC1. The van der Waals surface area contributed by atoms with Gasteiger partial charge in [0.05, 0.1) is 4.90 Å². The highest BCUT2D eigenvalue weighted by atomic mass is 32.2. The van der Waals surface area contributed by atoms with E-state index in [1.165, 1.54) is 19.3 Å². The first-order valence-electron chi connectivity index (χ1n) is 7.10. The number of aryl methyl sites for hydroxylation is 1. The maximum Gasteiger partial charge on any atom is 0.240 e. The van der Waals surface area contributed by atoms with E-state index in [0.29, 0.717) is 11.4 Å². The van der Waals surface area contributed by atoms with Gasteiger partial charge in [0.2, 0.25) is 10.0 Å². The van der Waals surface area contributed by atoms with Gasteiger partial charge in [-0.3, -0.25) is 0 Å². The van der Waals surface area contributed by atoms with Crippen LogP contribution < -0.4 is 4.72 Å². The second-order valence-electron chi connectivity index (χ2n) is 5.54. The van der Waals surface area contributed by atoms with Crippen LogP contribution in [-0.4, -0.2) is 26.0 Å². The molecule has 1 fully saturated rings. The molecule has 0 radical (unpaired) electrons. The largest absolute Gasteiger partial charge is 0.240 e. The van der Waals surface area contributed by atoms with Crippen molar-refractivity contribution >= 4 is 21.8 Å². The van der Waals surface area contributed by atoms with Gasteiger partial charge in [-0.2, -0.15) is 11.8 Å². The smallest absolute Gasteiger partial charge is 0.210 e. The van der Waals surface area contributed by atoms with Crippen molar-refractivity contribution in [3.8, 4) is 0 Å². The van der Waals surface area contributed by atoms with Crippen LogP contribution in [0.5, 0.6) is 0 Å². The van der Waals surface area contributed by atoms with E-state index < -0.39 is 10.0 Å². The first-order chi connectivity index (χ1) is 9.49. The highest BCUT2D eigenvalue weighted by Gasteiger charge is 2.32. The second-order valence-corrected chi connectivity index (χ2v) is 8.55. The lowest BCUT2D eigenvalue weighted by Gasteiger charge is -2.35. The molecule has 0 saturated heterocycles. The molecule has 0 spiro atoms. The zero-order chi connectivity index (χ0) is 14.6. The normalized spacial score (nSPS) is 18.9. The van der Waals surface area contributed by atoms with Gasteiger partial charge < -0.3 is 0 Å². The van der Waals surface area contributed by atoms with Crippen molar-refractivity contribution in [3.63, 3.8) is 0 Å². The third kappa shape index (κ3) is 3.57. The van der Waals surface area contributed by atoms with Crippen LogP contribution in [0.2, 0.25) is 0 Å². The van der Waals surface area contributed by atoms with Gasteiger partial charge in [0.1, 0.15) is 0 Å². The predicted molar refractivity (Wildman–Crippen MR) is 85.7 cm³/mol. The Morgan fingerprint density at radius 2 is 1.85 bits per heavy atom. The van der Waals surface area contributed by atoms with Gasteiger partial charge in [-0.1, -0.05) is 37.5 Å². The van der Waals surface area contributed by atoms with Gasteiger partial charge in [0.25, 0.3) is 0 Å². The van der Waals surface area contributed by atoms with Gasteiger partial charge in [0.15, 0.2) is 0 Å². The van der Waals surface area contributed by atoms with E-state index in [2.05, 4.69) is 11.0 Å². The fourth-order valence-corrected chi connectivity index (χ4v) is 5.19. The van der Waals surface area contributed by atoms with E-state index in [9.17, 15) is 8.42 Å². The molecule has 1 saturated carbocycles. The molecule has 5 heteroatoms. The van der Waals surface area contributed by atoms with Crippen molar-refractivity contribution in [1.29, 1.82) is 0 Å². The summed E-state index contributed by atoms with van der Waals surface area (Å²) in [5.41, 5.74) is 0.793. The summed E-state index contributed by atoms with van der Waals surface area (Å²) in [5, 5.41) is 0. The molecule has 0 amide bonds. The quantitative estimate of drug-likeness (QED) is 0.907. The second kappa shape index (κ2) is 6.50. The molecule has 112 valence electrons. The number of benzene rings is 1. The van der Waals surface area contributed by atoms with Crippen LogP contribution >= 0.6 is 11.8 Å². The summed E-state index contributed by atoms with van der Waals surface area (Å²) in [6.07, 6.45) is 7.97. The Balaban J connectivity index is 2.11. The summed E-state index contributed by atoms with van der Waals surface area (Å²) in [7, 11) is -3.40. The van der Waals surface area contributed by atoms with Crippen LogP contribution in [0, 0.1) is 6.92 Å². The summed E-state index contributed by atoms with van der Waals surface area (Å²) in [5.74, 6) is 0. The lowest BCUT2D eigenvalue weighted by molar-refractivity contribution is 0.395. The maximum atomic E-state index is 12.4. The third-order valence-corrected chi connectivity index (χ3v) is 7.15. The Morgan fingerprint density at radius 3 is 2.45 bits per heavy atom. The van der Waals surface area contributed by atoms with Gasteiger partial charge in [-0.05, 0) is 37.7 Å². The van der Waals surface area contributed by atoms with Crippen LogP contribution in [0.1, 0.15) is 37.7 Å². The van der Waals surface area contributed by atoms with Crippen molar-refractivity contribution in [1.82, 2.24) is 4.72 Å². The first-order valence-corrected chi connectivity index (χ1v) is 9.80. The minimum Gasteiger partial charge on any atom is -0.210 e. The fraction of sp³-hybridized carbons (Fsp3) is 0.600. The van der Waals surface area contributed by atoms with Crippen molar-refractivity contribution in [2.24, 2.45) is 0 Å². The van der Waals surface area contributed by atoms with E-state index >= 15 is 0 Å². The molecule has 0 aromatic heterocycles. The maximum absolute atomic E-state index is 12.4. The molecule has 2 rings (SSSR count). The molecule has 3 nitrogen and oxygen atoms in total. The fourth-order valence-electron chi connectivity index (χ4n) is 2.81. The van der Waals surface area contributed by atoms with E-state index in [4.69, 9.17) is 0 Å². The summed E-state index contributed by atoms with van der Waals surface area (Å²) in [6, 6.07) is 7.13. The molecule has 1 aliphatic rings. The molecule has 1 aliphatic carbocycles. The van der Waals surface area contributed by atoms with E-state index in [0.717, 1.165) is 18.4 Å². The molecular formula is C15H23NO2S2. The van der Waals surface area contributed by atoms with Crippen LogP contribution in [0.4, 0.5) is 0 Å². The van der Waals surface area contributed by atoms with Crippen LogP contribution in [-0.2, 0) is 10.0 Å². The Bertz CT molecular complexity index is 549. The standard InChI is InChI=1S/C15H23NO2S2/c1-13-8-4-5-9-14(13)20(17,18)16-12-15(19-2)10-6-3-7-11-15/h4-5,8-9,16H,3,6-7,10-12H2,1-2H3. The molecule has 0 bridgehead atoms. The van der Waals surface area contributed by atoms with Crippen molar-refractivity contribution < 1.29 is 8.42 Å². The molecule has 1 aromatic carbocycles. The summed E-state index contributed by atoms with van der Waals surface area (Å²) < 4.78 is 27.8. The van der Waals surface area contributed by atoms with Gasteiger partial charge in [-0.25, -0.2) is 13.1 Å².